The normalized spacial score (nSPS) is 14.5. The SMILES string of the molecule is c1ccc(-c2nc(-c3ccccc3)nc(-c3ccc4c(c3)C3c5ccccc5C4c4cc(-c5nc(-c6ccccc6)nc(-c6cccc(-c7cc8ccccc8o7)c6)n5)ccc43)n2)cc1. The lowest BCUT2D eigenvalue weighted by Gasteiger charge is -2.42. The van der Waals surface area contributed by atoms with Crippen LogP contribution in [0.2, 0.25) is 0 Å². The van der Waals surface area contributed by atoms with Crippen LogP contribution in [0, 0.1) is 0 Å². The van der Waals surface area contributed by atoms with Gasteiger partial charge < -0.3 is 4.42 Å². The van der Waals surface area contributed by atoms with Crippen molar-refractivity contribution in [3.05, 3.63) is 240 Å². The summed E-state index contributed by atoms with van der Waals surface area (Å²) in [5, 5.41) is 1.06. The monoisotopic (exact) mass is 832 g/mol. The van der Waals surface area contributed by atoms with E-state index in [1.165, 1.54) is 33.4 Å². The molecule has 11 aromatic rings. The van der Waals surface area contributed by atoms with Crippen LogP contribution < -0.4 is 0 Å². The zero-order chi connectivity index (χ0) is 42.8. The van der Waals surface area contributed by atoms with Crippen LogP contribution in [0.4, 0.5) is 0 Å². The van der Waals surface area contributed by atoms with Gasteiger partial charge in [-0.2, -0.15) is 0 Å². The summed E-state index contributed by atoms with van der Waals surface area (Å²) in [5.74, 6) is 4.61. The molecule has 0 radical (unpaired) electrons. The Bertz CT molecular complexity index is 3530. The van der Waals surface area contributed by atoms with Gasteiger partial charge in [0, 0.05) is 56.2 Å². The van der Waals surface area contributed by atoms with Crippen LogP contribution in [0.15, 0.2) is 211 Å². The number of hydrogen-bond acceptors (Lipinski definition) is 7. The van der Waals surface area contributed by atoms with Crippen molar-refractivity contribution >= 4 is 11.0 Å². The largest absolute Gasteiger partial charge is 0.456 e. The Morgan fingerprint density at radius 3 is 1.11 bits per heavy atom. The average Bonchev–Trinajstić information content (AvgIpc) is 3.84. The molecule has 7 heteroatoms. The van der Waals surface area contributed by atoms with E-state index >= 15 is 0 Å². The first-order valence-electron chi connectivity index (χ1n) is 21.8. The minimum Gasteiger partial charge on any atom is -0.456 e. The zero-order valence-corrected chi connectivity index (χ0v) is 34.9. The van der Waals surface area contributed by atoms with E-state index in [9.17, 15) is 0 Å². The van der Waals surface area contributed by atoms with E-state index in [0.29, 0.717) is 34.9 Å². The molecule has 14 rings (SSSR count). The van der Waals surface area contributed by atoms with E-state index in [0.717, 1.165) is 55.7 Å². The first-order valence-corrected chi connectivity index (χ1v) is 21.8. The second-order valence-corrected chi connectivity index (χ2v) is 16.6. The molecule has 2 atom stereocenters. The topological polar surface area (TPSA) is 90.5 Å². The minimum atomic E-state index is 0.0173. The Kier molecular flexibility index (Phi) is 8.52. The summed E-state index contributed by atoms with van der Waals surface area (Å²) in [7, 11) is 0. The number of para-hydroxylation sites is 1. The van der Waals surface area contributed by atoms with Crippen LogP contribution in [-0.4, -0.2) is 29.9 Å². The standard InChI is InChI=1S/C58H36N6O/c1-4-15-35(16-5-1)53-59-54(36-17-6-2-7-18-36)62-57(61-53)41-27-29-45-47(32-41)51-43-24-11-12-25-44(43)52(45)48-33-42(28-30-46(48)51)58-63-55(37-19-8-3-9-20-37)60-56(64-58)40-23-14-22-38(31-40)50-34-39-21-10-13-26-49(39)65-50/h1-34,51-52H. The minimum absolute atomic E-state index is 0.0173. The lowest BCUT2D eigenvalue weighted by Crippen LogP contribution is -2.27. The van der Waals surface area contributed by atoms with Gasteiger partial charge in [-0.05, 0) is 63.7 Å². The Labute approximate surface area is 374 Å². The Balaban J connectivity index is 0.924. The summed E-state index contributed by atoms with van der Waals surface area (Å²) in [5.41, 5.74) is 15.1. The van der Waals surface area contributed by atoms with Crippen molar-refractivity contribution in [1.29, 1.82) is 0 Å². The molecule has 3 aromatic heterocycles. The Morgan fingerprint density at radius 1 is 0.262 bits per heavy atom. The summed E-state index contributed by atoms with van der Waals surface area (Å²) in [6, 6.07) is 71.2. The highest BCUT2D eigenvalue weighted by atomic mass is 16.3. The van der Waals surface area contributed by atoms with E-state index in [1.54, 1.807) is 0 Å². The number of rotatable bonds is 7. The van der Waals surface area contributed by atoms with Gasteiger partial charge in [-0.15, -0.1) is 0 Å². The van der Waals surface area contributed by atoms with Gasteiger partial charge in [-0.1, -0.05) is 176 Å². The third kappa shape index (κ3) is 6.35. The lowest BCUT2D eigenvalue weighted by atomic mass is 9.61. The summed E-state index contributed by atoms with van der Waals surface area (Å²) < 4.78 is 6.27. The Hall–Kier alpha value is -8.68. The number of benzene rings is 8. The number of aromatic nitrogens is 6. The molecule has 304 valence electrons. The summed E-state index contributed by atoms with van der Waals surface area (Å²) >= 11 is 0. The van der Waals surface area contributed by atoms with Gasteiger partial charge in [0.05, 0.1) is 0 Å². The first kappa shape index (κ1) is 36.9. The quantitative estimate of drug-likeness (QED) is 0.158. The number of furan rings is 1. The van der Waals surface area contributed by atoms with E-state index < -0.39 is 0 Å². The summed E-state index contributed by atoms with van der Waals surface area (Å²) in [6.45, 7) is 0. The highest BCUT2D eigenvalue weighted by Crippen LogP contribution is 2.56. The van der Waals surface area contributed by atoms with Crippen molar-refractivity contribution in [2.24, 2.45) is 0 Å². The van der Waals surface area contributed by atoms with Crippen molar-refractivity contribution in [3.8, 4) is 79.7 Å². The smallest absolute Gasteiger partial charge is 0.164 e. The fraction of sp³-hybridized carbons (Fsp3) is 0.0345. The van der Waals surface area contributed by atoms with Crippen molar-refractivity contribution in [2.45, 2.75) is 11.8 Å². The van der Waals surface area contributed by atoms with Gasteiger partial charge in [0.15, 0.2) is 34.9 Å². The van der Waals surface area contributed by atoms with Crippen molar-refractivity contribution in [3.63, 3.8) is 0 Å². The predicted molar refractivity (Wildman–Crippen MR) is 256 cm³/mol. The third-order valence-electron chi connectivity index (χ3n) is 12.7. The number of nitrogens with zero attached hydrogens (tertiary/aromatic N) is 6. The highest BCUT2D eigenvalue weighted by molar-refractivity contribution is 5.84. The molecule has 0 fully saturated rings. The van der Waals surface area contributed by atoms with Crippen molar-refractivity contribution in [2.75, 3.05) is 0 Å². The molecular weight excluding hydrogens is 797 g/mol. The van der Waals surface area contributed by atoms with Gasteiger partial charge in [0.2, 0.25) is 0 Å². The highest BCUT2D eigenvalue weighted by Gasteiger charge is 2.41. The maximum absolute atomic E-state index is 6.27. The van der Waals surface area contributed by atoms with Crippen LogP contribution in [-0.2, 0) is 0 Å². The molecule has 0 saturated carbocycles. The van der Waals surface area contributed by atoms with Crippen LogP contribution in [0.25, 0.3) is 90.6 Å². The lowest BCUT2D eigenvalue weighted by molar-refractivity contribution is 0.631. The van der Waals surface area contributed by atoms with Gasteiger partial charge >= 0.3 is 0 Å². The molecule has 2 bridgehead atoms. The average molecular weight is 833 g/mol. The molecule has 3 aliphatic rings. The summed E-state index contributed by atoms with van der Waals surface area (Å²) in [4.78, 5) is 30.6. The van der Waals surface area contributed by atoms with E-state index in [1.807, 2.05) is 115 Å². The van der Waals surface area contributed by atoms with Crippen LogP contribution >= 0.6 is 0 Å². The predicted octanol–water partition coefficient (Wildman–Crippen LogP) is 13.5. The zero-order valence-electron chi connectivity index (χ0n) is 34.9. The maximum Gasteiger partial charge on any atom is 0.164 e. The van der Waals surface area contributed by atoms with E-state index in [2.05, 4.69) is 91.0 Å². The van der Waals surface area contributed by atoms with Crippen LogP contribution in [0.3, 0.4) is 0 Å². The molecule has 7 nitrogen and oxygen atoms in total. The van der Waals surface area contributed by atoms with Crippen LogP contribution in [0.1, 0.15) is 45.2 Å². The van der Waals surface area contributed by atoms with Crippen molar-refractivity contribution in [1.82, 2.24) is 29.9 Å². The second-order valence-electron chi connectivity index (χ2n) is 16.6. The van der Waals surface area contributed by atoms with Crippen molar-refractivity contribution < 1.29 is 4.42 Å². The molecule has 0 N–H and O–H groups in total. The maximum atomic E-state index is 6.27. The van der Waals surface area contributed by atoms with Gasteiger partial charge in [0.25, 0.3) is 0 Å². The molecular formula is C58H36N6O. The van der Waals surface area contributed by atoms with Gasteiger partial charge in [-0.3, -0.25) is 0 Å². The molecule has 0 amide bonds. The third-order valence-corrected chi connectivity index (χ3v) is 12.7. The molecule has 0 aliphatic heterocycles. The van der Waals surface area contributed by atoms with Gasteiger partial charge in [0.1, 0.15) is 11.3 Å². The van der Waals surface area contributed by atoms with E-state index in [4.69, 9.17) is 34.3 Å². The molecule has 0 spiro atoms. The molecule has 0 saturated heterocycles. The molecule has 2 unspecified atom stereocenters. The Morgan fingerprint density at radius 2 is 0.631 bits per heavy atom. The first-order chi connectivity index (χ1) is 32.2. The van der Waals surface area contributed by atoms with Crippen LogP contribution in [0.5, 0.6) is 0 Å². The molecule has 3 aliphatic carbocycles. The number of fused-ring (bicyclic) bond motifs is 1. The fourth-order valence-corrected chi connectivity index (χ4v) is 9.72. The molecule has 3 heterocycles. The van der Waals surface area contributed by atoms with E-state index in [-0.39, 0.29) is 11.8 Å². The second kappa shape index (κ2) is 15.0. The summed E-state index contributed by atoms with van der Waals surface area (Å²) in [6.07, 6.45) is 0. The number of hydrogen-bond donors (Lipinski definition) is 0. The molecule has 65 heavy (non-hydrogen) atoms. The van der Waals surface area contributed by atoms with Gasteiger partial charge in [-0.25, -0.2) is 29.9 Å². The fourth-order valence-electron chi connectivity index (χ4n) is 9.72. The molecule has 8 aromatic carbocycles.